The molecule has 2 N–H and O–H groups in total. The maximum absolute atomic E-state index is 12.8. The van der Waals surface area contributed by atoms with E-state index in [1.807, 2.05) is 42.6 Å². The second-order valence-corrected chi connectivity index (χ2v) is 10.5. The summed E-state index contributed by atoms with van der Waals surface area (Å²) in [5.74, 6) is -1.14. The molecule has 0 saturated carbocycles. The lowest BCUT2D eigenvalue weighted by atomic mass is 10.0. The number of carbonyl (C=O) groups is 3. The lowest BCUT2D eigenvalue weighted by Crippen LogP contribution is -2.16. The topological polar surface area (TPSA) is 128 Å². The van der Waals surface area contributed by atoms with Crippen molar-refractivity contribution in [3.8, 4) is 11.1 Å². The number of nitrogens with zero attached hydrogens (tertiary/aromatic N) is 1. The van der Waals surface area contributed by atoms with Gasteiger partial charge in [-0.05, 0) is 49.7 Å². The van der Waals surface area contributed by atoms with E-state index in [0.29, 0.717) is 21.8 Å². The molecule has 0 fully saturated rings. The Bertz CT molecular complexity index is 1550. The van der Waals surface area contributed by atoms with Gasteiger partial charge in [0, 0.05) is 39.2 Å². The first-order valence-corrected chi connectivity index (χ1v) is 14.1. The van der Waals surface area contributed by atoms with Crippen LogP contribution in [0.5, 0.6) is 0 Å². The number of nitro benzene ring substituents is 1. The first-order chi connectivity index (χ1) is 19.2. The Balaban J connectivity index is 1.41. The molecule has 9 nitrogen and oxygen atoms in total. The summed E-state index contributed by atoms with van der Waals surface area (Å²) in [4.78, 5) is 49.2. The molecule has 0 atom stereocenters. The summed E-state index contributed by atoms with van der Waals surface area (Å²) in [7, 11) is 0. The van der Waals surface area contributed by atoms with E-state index in [4.69, 9.17) is 4.74 Å². The van der Waals surface area contributed by atoms with Crippen molar-refractivity contribution in [3.63, 3.8) is 0 Å². The van der Waals surface area contributed by atoms with Crippen LogP contribution in [0, 0.1) is 17.0 Å². The third-order valence-corrected chi connectivity index (χ3v) is 7.58. The van der Waals surface area contributed by atoms with Gasteiger partial charge < -0.3 is 15.4 Å². The molecule has 0 aliphatic heterocycles. The zero-order chi connectivity index (χ0) is 28.6. The fourth-order valence-corrected chi connectivity index (χ4v) is 5.44. The number of nitro groups is 1. The molecule has 3 aromatic carbocycles. The highest BCUT2D eigenvalue weighted by molar-refractivity contribution is 8.00. The molecule has 0 spiro atoms. The summed E-state index contributed by atoms with van der Waals surface area (Å²) in [6.45, 7) is 3.92. The molecular formula is C29H25N3O6S2. The van der Waals surface area contributed by atoms with Gasteiger partial charge in [-0.3, -0.25) is 19.7 Å². The summed E-state index contributed by atoms with van der Waals surface area (Å²) < 4.78 is 5.26. The van der Waals surface area contributed by atoms with Gasteiger partial charge in [0.1, 0.15) is 10.6 Å². The third kappa shape index (κ3) is 7.13. The zero-order valence-corrected chi connectivity index (χ0v) is 23.3. The predicted octanol–water partition coefficient (Wildman–Crippen LogP) is 6.79. The van der Waals surface area contributed by atoms with E-state index in [2.05, 4.69) is 10.6 Å². The van der Waals surface area contributed by atoms with Crippen molar-refractivity contribution in [2.24, 2.45) is 0 Å². The zero-order valence-electron chi connectivity index (χ0n) is 21.6. The molecule has 40 heavy (non-hydrogen) atoms. The van der Waals surface area contributed by atoms with Crippen LogP contribution in [0.25, 0.3) is 11.1 Å². The van der Waals surface area contributed by atoms with Crippen molar-refractivity contribution in [2.75, 3.05) is 23.0 Å². The second-order valence-electron chi connectivity index (χ2n) is 8.56. The van der Waals surface area contributed by atoms with Crippen molar-refractivity contribution in [3.05, 3.63) is 105 Å². The number of aryl methyl sites for hydroxylation is 1. The molecule has 1 aromatic heterocycles. The molecule has 2 amide bonds. The van der Waals surface area contributed by atoms with Crippen LogP contribution in [0.4, 0.5) is 16.4 Å². The number of nitrogens with one attached hydrogen (secondary N) is 2. The normalized spacial score (nSPS) is 10.6. The number of thioether (sulfide) groups is 1. The maximum Gasteiger partial charge on any atom is 0.341 e. The van der Waals surface area contributed by atoms with E-state index in [9.17, 15) is 24.5 Å². The molecule has 4 aromatic rings. The molecule has 0 unspecified atom stereocenters. The standard InChI is InChI=1S/C29H25N3O6S2/c1-3-38-29(35)26-24(19-9-7-18(2)8-10-19)16-40-28(26)31-25(33)17-39-23-6-4-5-21(15-23)30-27(34)20-11-13-22(14-12-20)32(36)37/h4-16H,3,17H2,1-2H3,(H,30,34)(H,31,33). The molecule has 0 saturated heterocycles. The number of esters is 1. The number of ether oxygens (including phenoxy) is 1. The van der Waals surface area contributed by atoms with Crippen LogP contribution in [0.3, 0.4) is 0 Å². The molecule has 11 heteroatoms. The van der Waals surface area contributed by atoms with E-state index in [1.165, 1.54) is 47.4 Å². The third-order valence-electron chi connectivity index (χ3n) is 5.69. The molecule has 0 aliphatic carbocycles. The fourth-order valence-electron chi connectivity index (χ4n) is 3.71. The molecule has 0 radical (unpaired) electrons. The van der Waals surface area contributed by atoms with Crippen molar-refractivity contribution in [1.82, 2.24) is 0 Å². The van der Waals surface area contributed by atoms with Gasteiger partial charge >= 0.3 is 5.97 Å². The first-order valence-electron chi connectivity index (χ1n) is 12.2. The SMILES string of the molecule is CCOC(=O)c1c(-c2ccc(C)cc2)csc1NC(=O)CSc1cccc(NC(=O)c2ccc([N+](=O)[O-])cc2)c1. The maximum atomic E-state index is 12.8. The fraction of sp³-hybridized carbons (Fsp3) is 0.138. The lowest BCUT2D eigenvalue weighted by Gasteiger charge is -2.10. The van der Waals surface area contributed by atoms with E-state index in [1.54, 1.807) is 25.1 Å². The minimum Gasteiger partial charge on any atom is -0.462 e. The Hall–Kier alpha value is -4.48. The average Bonchev–Trinajstić information content (AvgIpc) is 3.36. The van der Waals surface area contributed by atoms with Gasteiger partial charge in [0.2, 0.25) is 5.91 Å². The number of hydrogen-bond acceptors (Lipinski definition) is 8. The van der Waals surface area contributed by atoms with Crippen LogP contribution < -0.4 is 10.6 Å². The molecule has 4 rings (SSSR count). The number of anilines is 2. The van der Waals surface area contributed by atoms with Crippen molar-refractivity contribution >= 4 is 57.3 Å². The Morgan fingerprint density at radius 3 is 2.40 bits per heavy atom. The summed E-state index contributed by atoms with van der Waals surface area (Å²) in [5, 5.41) is 18.7. The van der Waals surface area contributed by atoms with E-state index < -0.39 is 16.8 Å². The van der Waals surface area contributed by atoms with E-state index >= 15 is 0 Å². The lowest BCUT2D eigenvalue weighted by molar-refractivity contribution is -0.384. The minimum atomic E-state index is -0.530. The number of hydrogen-bond donors (Lipinski definition) is 2. The van der Waals surface area contributed by atoms with E-state index in [0.717, 1.165) is 16.0 Å². The predicted molar refractivity (Wildman–Crippen MR) is 157 cm³/mol. The smallest absolute Gasteiger partial charge is 0.341 e. The average molecular weight is 576 g/mol. The van der Waals surface area contributed by atoms with Gasteiger partial charge in [-0.1, -0.05) is 35.9 Å². The Labute approximate surface area is 238 Å². The number of carbonyl (C=O) groups excluding carboxylic acids is 3. The van der Waals surface area contributed by atoms with Crippen LogP contribution >= 0.6 is 23.1 Å². The van der Waals surface area contributed by atoms with Gasteiger partial charge in [0.05, 0.1) is 17.3 Å². The summed E-state index contributed by atoms with van der Waals surface area (Å²) >= 11 is 2.53. The molecular weight excluding hydrogens is 550 g/mol. The van der Waals surface area contributed by atoms with Crippen LogP contribution in [-0.2, 0) is 9.53 Å². The van der Waals surface area contributed by atoms with Crippen LogP contribution in [0.15, 0.2) is 83.1 Å². The van der Waals surface area contributed by atoms with Crippen molar-refractivity contribution < 1.29 is 24.0 Å². The second kappa shape index (κ2) is 13.0. The summed E-state index contributed by atoms with van der Waals surface area (Å²) in [5.41, 5.74) is 3.66. The number of thiophene rings is 1. The molecule has 0 bridgehead atoms. The van der Waals surface area contributed by atoms with Crippen LogP contribution in [0.2, 0.25) is 0 Å². The van der Waals surface area contributed by atoms with Crippen molar-refractivity contribution in [1.29, 1.82) is 0 Å². The number of non-ortho nitro benzene ring substituents is 1. The Morgan fingerprint density at radius 1 is 1.00 bits per heavy atom. The highest BCUT2D eigenvalue weighted by atomic mass is 32.2. The van der Waals surface area contributed by atoms with E-state index in [-0.39, 0.29) is 29.5 Å². The number of rotatable bonds is 10. The van der Waals surface area contributed by atoms with Gasteiger partial charge in [0.25, 0.3) is 11.6 Å². The minimum absolute atomic E-state index is 0.0692. The summed E-state index contributed by atoms with van der Waals surface area (Å²) in [6.07, 6.45) is 0. The first kappa shape index (κ1) is 28.5. The Kier molecular flexibility index (Phi) is 9.31. The van der Waals surface area contributed by atoms with Crippen LogP contribution in [-0.4, -0.2) is 35.1 Å². The largest absolute Gasteiger partial charge is 0.462 e. The molecule has 204 valence electrons. The monoisotopic (exact) mass is 575 g/mol. The highest BCUT2D eigenvalue weighted by Crippen LogP contribution is 2.36. The van der Waals surface area contributed by atoms with Crippen molar-refractivity contribution in [2.45, 2.75) is 18.7 Å². The quantitative estimate of drug-likeness (QED) is 0.0922. The summed E-state index contributed by atoms with van der Waals surface area (Å²) in [6, 6.07) is 20.1. The molecule has 1 heterocycles. The number of amides is 2. The van der Waals surface area contributed by atoms with Crippen LogP contribution in [0.1, 0.15) is 33.2 Å². The number of benzene rings is 3. The Morgan fingerprint density at radius 2 is 1.73 bits per heavy atom. The van der Waals surface area contributed by atoms with Gasteiger partial charge in [-0.2, -0.15) is 0 Å². The highest BCUT2D eigenvalue weighted by Gasteiger charge is 2.23. The molecule has 0 aliphatic rings. The van der Waals surface area contributed by atoms with Gasteiger partial charge in [-0.15, -0.1) is 23.1 Å². The van der Waals surface area contributed by atoms with Gasteiger partial charge in [0.15, 0.2) is 0 Å². The van der Waals surface area contributed by atoms with Gasteiger partial charge in [-0.25, -0.2) is 4.79 Å².